The zero-order valence-corrected chi connectivity index (χ0v) is 13.3. The monoisotopic (exact) mass is 359 g/mol. The lowest BCUT2D eigenvalue weighted by Crippen LogP contribution is -2.39. The normalized spacial score (nSPS) is 22.0. The summed E-state index contributed by atoms with van der Waals surface area (Å²) in [7, 11) is 1.82. The zero-order valence-electron chi connectivity index (χ0n) is 11.0. The molecule has 100 valence electrons. The summed E-state index contributed by atoms with van der Waals surface area (Å²) in [5.41, 5.74) is 1.43. The first kappa shape index (κ1) is 15.3. The van der Waals surface area contributed by atoms with Crippen molar-refractivity contribution in [2.24, 2.45) is 4.99 Å². The molecule has 1 fully saturated rings. The van der Waals surface area contributed by atoms with E-state index in [0.717, 1.165) is 18.9 Å². The maximum absolute atomic E-state index is 4.23. The van der Waals surface area contributed by atoms with Gasteiger partial charge in [-0.1, -0.05) is 37.3 Å². The molecule has 2 unspecified atom stereocenters. The first-order valence-electron chi connectivity index (χ1n) is 6.37. The molecule has 0 heterocycles. The summed E-state index contributed by atoms with van der Waals surface area (Å²) < 4.78 is 0. The predicted molar refractivity (Wildman–Crippen MR) is 87.8 cm³/mol. The van der Waals surface area contributed by atoms with Crippen LogP contribution in [0.5, 0.6) is 0 Å². The van der Waals surface area contributed by atoms with Crippen LogP contribution in [0, 0.1) is 0 Å². The van der Waals surface area contributed by atoms with Crippen LogP contribution in [0.1, 0.15) is 31.2 Å². The Balaban J connectivity index is 0.00000162. The summed E-state index contributed by atoms with van der Waals surface area (Å²) in [6.45, 7) is 3.13. The highest BCUT2D eigenvalue weighted by atomic mass is 127. The van der Waals surface area contributed by atoms with Crippen molar-refractivity contribution in [2.75, 3.05) is 13.6 Å². The minimum atomic E-state index is 0. The topological polar surface area (TPSA) is 36.4 Å². The average Bonchev–Trinajstić information content (AvgIpc) is 3.15. The highest BCUT2D eigenvalue weighted by Crippen LogP contribution is 2.40. The first-order valence-corrected chi connectivity index (χ1v) is 6.37. The largest absolute Gasteiger partial charge is 0.356 e. The number of nitrogens with one attached hydrogen (secondary N) is 2. The van der Waals surface area contributed by atoms with Crippen LogP contribution >= 0.6 is 24.0 Å². The standard InChI is InChI=1S/C14H21N3.HI/c1-3-9-16-14(15-2)17-13-10-12(13)11-7-5-4-6-8-11;/h4-8,12-13H,3,9-10H2,1-2H3,(H2,15,16,17);1H. The van der Waals surface area contributed by atoms with Crippen molar-refractivity contribution in [2.45, 2.75) is 31.7 Å². The second kappa shape index (κ2) is 7.61. The Kier molecular flexibility index (Phi) is 6.46. The van der Waals surface area contributed by atoms with Gasteiger partial charge in [-0.15, -0.1) is 24.0 Å². The van der Waals surface area contributed by atoms with Crippen molar-refractivity contribution in [3.63, 3.8) is 0 Å². The highest BCUT2D eigenvalue weighted by Gasteiger charge is 2.38. The molecule has 1 aromatic carbocycles. The molecule has 1 aromatic rings. The summed E-state index contributed by atoms with van der Waals surface area (Å²) in [5.74, 6) is 1.58. The van der Waals surface area contributed by atoms with Crippen LogP contribution in [0.25, 0.3) is 0 Å². The van der Waals surface area contributed by atoms with E-state index in [1.54, 1.807) is 0 Å². The number of rotatable bonds is 4. The van der Waals surface area contributed by atoms with Gasteiger partial charge in [-0.05, 0) is 18.4 Å². The summed E-state index contributed by atoms with van der Waals surface area (Å²) in [4.78, 5) is 4.23. The number of guanidine groups is 1. The van der Waals surface area contributed by atoms with Gasteiger partial charge in [0.2, 0.25) is 0 Å². The SMILES string of the molecule is CCCNC(=NC)NC1CC1c1ccccc1.I. The Hall–Kier alpha value is -0.780. The van der Waals surface area contributed by atoms with E-state index in [1.807, 2.05) is 7.05 Å². The molecule has 1 aliphatic carbocycles. The van der Waals surface area contributed by atoms with Gasteiger partial charge in [-0.2, -0.15) is 0 Å². The van der Waals surface area contributed by atoms with E-state index in [4.69, 9.17) is 0 Å². The first-order chi connectivity index (χ1) is 8.35. The molecule has 0 bridgehead atoms. The summed E-state index contributed by atoms with van der Waals surface area (Å²) in [5, 5.41) is 6.76. The third kappa shape index (κ3) is 4.15. The van der Waals surface area contributed by atoms with Gasteiger partial charge in [0, 0.05) is 25.6 Å². The van der Waals surface area contributed by atoms with Crippen molar-refractivity contribution in [1.29, 1.82) is 0 Å². The van der Waals surface area contributed by atoms with Crippen molar-refractivity contribution in [3.05, 3.63) is 35.9 Å². The van der Waals surface area contributed by atoms with Gasteiger partial charge >= 0.3 is 0 Å². The minimum absolute atomic E-state index is 0. The Labute approximate surface area is 126 Å². The number of benzene rings is 1. The third-order valence-electron chi connectivity index (χ3n) is 3.11. The summed E-state index contributed by atoms with van der Waals surface area (Å²) in [6, 6.07) is 11.2. The fourth-order valence-electron chi connectivity index (χ4n) is 2.04. The van der Waals surface area contributed by atoms with Crippen LogP contribution in [0.4, 0.5) is 0 Å². The van der Waals surface area contributed by atoms with Crippen molar-refractivity contribution < 1.29 is 0 Å². The molecule has 2 N–H and O–H groups in total. The summed E-state index contributed by atoms with van der Waals surface area (Å²) in [6.07, 6.45) is 2.32. The van der Waals surface area contributed by atoms with E-state index in [2.05, 4.69) is 52.9 Å². The second-order valence-electron chi connectivity index (χ2n) is 4.50. The fourth-order valence-corrected chi connectivity index (χ4v) is 2.04. The van der Waals surface area contributed by atoms with Gasteiger partial charge in [0.15, 0.2) is 5.96 Å². The van der Waals surface area contributed by atoms with E-state index in [1.165, 1.54) is 12.0 Å². The molecule has 18 heavy (non-hydrogen) atoms. The average molecular weight is 359 g/mol. The Morgan fingerprint density at radius 3 is 2.67 bits per heavy atom. The molecule has 0 aromatic heterocycles. The molecule has 3 nitrogen and oxygen atoms in total. The number of hydrogen-bond acceptors (Lipinski definition) is 1. The lowest BCUT2D eigenvalue weighted by molar-refractivity contribution is 0.769. The number of aliphatic imine (C=N–C) groups is 1. The molecule has 1 saturated carbocycles. The molecule has 0 spiro atoms. The summed E-state index contributed by atoms with van der Waals surface area (Å²) >= 11 is 0. The molecule has 0 radical (unpaired) electrons. The third-order valence-corrected chi connectivity index (χ3v) is 3.11. The number of hydrogen-bond donors (Lipinski definition) is 2. The van der Waals surface area contributed by atoms with Crippen LogP contribution < -0.4 is 10.6 Å². The quantitative estimate of drug-likeness (QED) is 0.493. The lowest BCUT2D eigenvalue weighted by atomic mass is 10.1. The van der Waals surface area contributed by atoms with Crippen LogP contribution in [0.3, 0.4) is 0 Å². The smallest absolute Gasteiger partial charge is 0.191 e. The molecule has 1 aliphatic rings. The Morgan fingerprint density at radius 2 is 2.06 bits per heavy atom. The molecule has 0 amide bonds. The lowest BCUT2D eigenvalue weighted by Gasteiger charge is -2.10. The number of nitrogens with zero attached hydrogens (tertiary/aromatic N) is 1. The second-order valence-corrected chi connectivity index (χ2v) is 4.50. The molecule has 4 heteroatoms. The predicted octanol–water partition coefficient (Wildman–Crippen LogP) is 2.74. The molecule has 2 atom stereocenters. The molecular formula is C14H22IN3. The maximum atomic E-state index is 4.23. The van der Waals surface area contributed by atoms with E-state index >= 15 is 0 Å². The highest BCUT2D eigenvalue weighted by molar-refractivity contribution is 14.0. The van der Waals surface area contributed by atoms with Crippen molar-refractivity contribution >= 4 is 29.9 Å². The minimum Gasteiger partial charge on any atom is -0.356 e. The Bertz CT molecular complexity index is 378. The van der Waals surface area contributed by atoms with Crippen LogP contribution in [0.2, 0.25) is 0 Å². The van der Waals surface area contributed by atoms with Gasteiger partial charge < -0.3 is 10.6 Å². The van der Waals surface area contributed by atoms with Gasteiger partial charge in [0.25, 0.3) is 0 Å². The number of halogens is 1. The molecule has 0 aliphatic heterocycles. The maximum Gasteiger partial charge on any atom is 0.191 e. The van der Waals surface area contributed by atoms with Crippen molar-refractivity contribution in [1.82, 2.24) is 10.6 Å². The van der Waals surface area contributed by atoms with Crippen LogP contribution in [-0.2, 0) is 0 Å². The zero-order chi connectivity index (χ0) is 12.1. The van der Waals surface area contributed by atoms with Crippen molar-refractivity contribution in [3.8, 4) is 0 Å². The van der Waals surface area contributed by atoms with Gasteiger partial charge in [0.1, 0.15) is 0 Å². The van der Waals surface area contributed by atoms with E-state index in [-0.39, 0.29) is 24.0 Å². The van der Waals surface area contributed by atoms with Gasteiger partial charge in [0.05, 0.1) is 0 Å². The fraction of sp³-hybridized carbons (Fsp3) is 0.500. The van der Waals surface area contributed by atoms with Gasteiger partial charge in [-0.25, -0.2) is 0 Å². The van der Waals surface area contributed by atoms with E-state index in [0.29, 0.717) is 12.0 Å². The molecule has 2 rings (SSSR count). The molecular weight excluding hydrogens is 337 g/mol. The Morgan fingerprint density at radius 1 is 1.33 bits per heavy atom. The van der Waals surface area contributed by atoms with Gasteiger partial charge in [-0.3, -0.25) is 4.99 Å². The van der Waals surface area contributed by atoms with Crippen LogP contribution in [0.15, 0.2) is 35.3 Å². The van der Waals surface area contributed by atoms with E-state index < -0.39 is 0 Å². The van der Waals surface area contributed by atoms with E-state index in [9.17, 15) is 0 Å². The molecule has 0 saturated heterocycles. The van der Waals surface area contributed by atoms with Crippen LogP contribution in [-0.4, -0.2) is 25.6 Å².